The Morgan fingerprint density at radius 1 is 0.538 bits per heavy atom. The van der Waals surface area contributed by atoms with Crippen LogP contribution in [0.5, 0.6) is 0 Å². The van der Waals surface area contributed by atoms with Crippen LogP contribution in [0, 0.1) is 11.6 Å². The molecule has 0 aliphatic rings. The minimum Gasteiger partial charge on any atom is -0.275 e. The average Bonchev–Trinajstić information content (AvgIpc) is 2.54. The quantitative estimate of drug-likeness (QED) is 0.604. The van der Waals surface area contributed by atoms with Gasteiger partial charge in [0.1, 0.15) is 11.6 Å². The topological polar surface area (TPSA) is 68.3 Å². The Labute approximate surface area is 164 Å². The summed E-state index contributed by atoms with van der Waals surface area (Å²) in [5.74, 6) is -2.50. The molecule has 10 heteroatoms. The van der Waals surface area contributed by atoms with Gasteiger partial charge in [0.05, 0.1) is 22.3 Å². The number of halogens is 6. The molecular weight excluding hydrogens is 436 g/mol. The molecule has 0 fully saturated rings. The van der Waals surface area contributed by atoms with E-state index in [2.05, 4.69) is 0 Å². The molecule has 0 heterocycles. The van der Waals surface area contributed by atoms with E-state index in [4.69, 9.17) is 46.4 Å². The summed E-state index contributed by atoms with van der Waals surface area (Å²) in [5.41, 5.74) is -2.86. The summed E-state index contributed by atoms with van der Waals surface area (Å²) in [6.45, 7) is 0. The molecule has 2 aromatic carbocycles. The SMILES string of the molecule is O=C(Cl)c1cc(-c2cc(C(=O)Cl)c(F)c(C(=O)Cl)c2)cc(C(=O)Cl)c1F. The van der Waals surface area contributed by atoms with Crippen molar-refractivity contribution in [3.05, 3.63) is 58.2 Å². The van der Waals surface area contributed by atoms with E-state index >= 15 is 0 Å². The first-order valence-corrected chi connectivity index (χ1v) is 8.02. The van der Waals surface area contributed by atoms with Gasteiger partial charge in [-0.15, -0.1) is 0 Å². The molecule has 0 saturated carbocycles. The molecule has 2 aromatic rings. The van der Waals surface area contributed by atoms with Crippen LogP contribution in [0.4, 0.5) is 8.78 Å². The first-order valence-electron chi connectivity index (χ1n) is 6.51. The van der Waals surface area contributed by atoms with E-state index in [9.17, 15) is 28.0 Å². The zero-order chi connectivity index (χ0) is 19.8. The summed E-state index contributed by atoms with van der Waals surface area (Å²) >= 11 is 21.2. The molecule has 0 aliphatic carbocycles. The number of benzene rings is 2. The highest BCUT2D eigenvalue weighted by Crippen LogP contribution is 2.31. The van der Waals surface area contributed by atoms with E-state index < -0.39 is 54.9 Å². The Balaban J connectivity index is 2.87. The maximum absolute atomic E-state index is 14.1. The molecule has 0 atom stereocenters. The zero-order valence-corrected chi connectivity index (χ0v) is 15.2. The van der Waals surface area contributed by atoms with Crippen LogP contribution in [0.15, 0.2) is 24.3 Å². The van der Waals surface area contributed by atoms with Gasteiger partial charge in [0.2, 0.25) is 0 Å². The molecule has 4 nitrogen and oxygen atoms in total. The van der Waals surface area contributed by atoms with Crippen molar-refractivity contribution in [3.8, 4) is 11.1 Å². The third-order valence-corrected chi connectivity index (χ3v) is 4.14. The molecule has 0 N–H and O–H groups in total. The van der Waals surface area contributed by atoms with Crippen LogP contribution in [0.25, 0.3) is 11.1 Å². The highest BCUT2D eigenvalue weighted by molar-refractivity contribution is 6.70. The summed E-state index contributed by atoms with van der Waals surface area (Å²) in [5, 5.41) is -4.92. The number of rotatable bonds is 5. The van der Waals surface area contributed by atoms with Crippen LogP contribution in [0.1, 0.15) is 41.4 Å². The number of hydrogen-bond acceptors (Lipinski definition) is 4. The molecule has 0 saturated heterocycles. The lowest BCUT2D eigenvalue weighted by Crippen LogP contribution is -2.06. The fourth-order valence-corrected chi connectivity index (χ4v) is 2.70. The monoisotopic (exact) mass is 438 g/mol. The van der Waals surface area contributed by atoms with Gasteiger partial charge in [-0.05, 0) is 81.8 Å². The number of carbonyl (C=O) groups excluding carboxylic acids is 4. The van der Waals surface area contributed by atoms with Crippen LogP contribution >= 0.6 is 46.4 Å². The Hall–Kier alpha value is -1.86. The van der Waals surface area contributed by atoms with Crippen molar-refractivity contribution in [1.82, 2.24) is 0 Å². The van der Waals surface area contributed by atoms with Gasteiger partial charge < -0.3 is 0 Å². The lowest BCUT2D eigenvalue weighted by Gasteiger charge is -2.11. The van der Waals surface area contributed by atoms with E-state index in [1.54, 1.807) is 0 Å². The van der Waals surface area contributed by atoms with Gasteiger partial charge in [0, 0.05) is 0 Å². The van der Waals surface area contributed by atoms with E-state index in [1.165, 1.54) is 0 Å². The summed E-state index contributed by atoms with van der Waals surface area (Å²) in [6, 6.07) is 3.75. The summed E-state index contributed by atoms with van der Waals surface area (Å²) in [7, 11) is 0. The van der Waals surface area contributed by atoms with E-state index in [0.717, 1.165) is 24.3 Å². The van der Waals surface area contributed by atoms with Gasteiger partial charge in [0.25, 0.3) is 21.0 Å². The molecule has 0 amide bonds. The molecule has 0 unspecified atom stereocenters. The van der Waals surface area contributed by atoms with E-state index in [0.29, 0.717) is 0 Å². The minimum absolute atomic E-state index is 0.0577. The zero-order valence-electron chi connectivity index (χ0n) is 12.2. The van der Waals surface area contributed by atoms with Crippen molar-refractivity contribution in [1.29, 1.82) is 0 Å². The van der Waals surface area contributed by atoms with Gasteiger partial charge >= 0.3 is 0 Å². The van der Waals surface area contributed by atoms with E-state index in [1.807, 2.05) is 0 Å². The summed E-state index contributed by atoms with van der Waals surface area (Å²) < 4.78 is 28.3. The van der Waals surface area contributed by atoms with Crippen LogP contribution in [-0.2, 0) is 0 Å². The predicted octanol–water partition coefficient (Wildman–Crippen LogP) is 5.15. The Kier molecular flexibility index (Phi) is 6.13. The summed E-state index contributed by atoms with van der Waals surface area (Å²) in [4.78, 5) is 45.6. The molecule has 0 spiro atoms. The van der Waals surface area contributed by atoms with Crippen molar-refractivity contribution < 1.29 is 28.0 Å². The maximum Gasteiger partial charge on any atom is 0.255 e. The normalized spacial score (nSPS) is 10.5. The second kappa shape index (κ2) is 7.80. The van der Waals surface area contributed by atoms with Crippen LogP contribution in [0.3, 0.4) is 0 Å². The molecule has 2 rings (SSSR count). The van der Waals surface area contributed by atoms with Crippen LogP contribution < -0.4 is 0 Å². The van der Waals surface area contributed by atoms with Gasteiger partial charge in [-0.1, -0.05) is 0 Å². The van der Waals surface area contributed by atoms with Gasteiger partial charge in [-0.3, -0.25) is 19.2 Å². The predicted molar refractivity (Wildman–Crippen MR) is 92.5 cm³/mol. The minimum atomic E-state index is -1.25. The third kappa shape index (κ3) is 3.94. The smallest absolute Gasteiger partial charge is 0.255 e. The van der Waals surface area contributed by atoms with Crippen molar-refractivity contribution in [2.24, 2.45) is 0 Å². The fourth-order valence-electron chi connectivity index (χ4n) is 2.15. The van der Waals surface area contributed by atoms with Crippen LogP contribution in [0.2, 0.25) is 0 Å². The molecule has 26 heavy (non-hydrogen) atoms. The van der Waals surface area contributed by atoms with Crippen molar-refractivity contribution in [3.63, 3.8) is 0 Å². The molecule has 0 bridgehead atoms. The third-order valence-electron chi connectivity index (χ3n) is 3.33. The first-order chi connectivity index (χ1) is 12.0. The van der Waals surface area contributed by atoms with Crippen molar-refractivity contribution in [2.45, 2.75) is 0 Å². The van der Waals surface area contributed by atoms with Gasteiger partial charge in [-0.2, -0.15) is 0 Å². The number of hydrogen-bond donors (Lipinski definition) is 0. The van der Waals surface area contributed by atoms with Gasteiger partial charge in [-0.25, -0.2) is 8.78 Å². The Bertz CT molecular complexity index is 839. The highest BCUT2D eigenvalue weighted by atomic mass is 35.5. The average molecular weight is 440 g/mol. The van der Waals surface area contributed by atoms with Crippen LogP contribution in [-0.4, -0.2) is 21.0 Å². The van der Waals surface area contributed by atoms with Crippen molar-refractivity contribution in [2.75, 3.05) is 0 Å². The second-order valence-electron chi connectivity index (χ2n) is 4.87. The summed E-state index contributed by atoms with van der Waals surface area (Å²) in [6.07, 6.45) is 0. The molecule has 0 aromatic heterocycles. The second-order valence-corrected chi connectivity index (χ2v) is 6.24. The molecule has 0 radical (unpaired) electrons. The Morgan fingerprint density at radius 3 is 0.885 bits per heavy atom. The Morgan fingerprint density at radius 2 is 0.731 bits per heavy atom. The lowest BCUT2D eigenvalue weighted by molar-refractivity contribution is 0.105. The highest BCUT2D eigenvalue weighted by Gasteiger charge is 2.23. The van der Waals surface area contributed by atoms with E-state index in [-0.39, 0.29) is 11.1 Å². The molecular formula is C16H4Cl4F2O4. The fraction of sp³-hybridized carbons (Fsp3) is 0. The maximum atomic E-state index is 14.1. The van der Waals surface area contributed by atoms with Gasteiger partial charge in [0.15, 0.2) is 0 Å². The van der Waals surface area contributed by atoms with Crippen molar-refractivity contribution >= 4 is 67.4 Å². The molecule has 0 aliphatic heterocycles. The first kappa shape index (κ1) is 20.5. The lowest BCUT2D eigenvalue weighted by atomic mass is 9.96. The number of carbonyl (C=O) groups is 4. The molecule has 134 valence electrons. The standard InChI is InChI=1S/C16H4Cl4F2O4/c17-13(23)7-1-5(2-8(11(7)21)14(18)24)6-3-9(15(19)25)12(22)10(4-6)16(20)26/h1-4H. The largest absolute Gasteiger partial charge is 0.275 e.